The quantitative estimate of drug-likeness (QED) is 0.398. The van der Waals surface area contributed by atoms with Crippen LogP contribution >= 0.6 is 0 Å². The van der Waals surface area contributed by atoms with Gasteiger partial charge in [-0.05, 0) is 0 Å². The number of alkyl carbamates (subject to hydrolysis) is 1. The molecule has 0 radical (unpaired) electrons. The zero-order valence-corrected chi connectivity index (χ0v) is 8.54. The van der Waals surface area contributed by atoms with Gasteiger partial charge in [0, 0.05) is 0 Å². The van der Waals surface area contributed by atoms with Crippen molar-refractivity contribution in [2.75, 3.05) is 6.61 Å². The number of carboxylic acids is 1. The van der Waals surface area contributed by atoms with Crippen molar-refractivity contribution < 1.29 is 70.8 Å². The van der Waals surface area contributed by atoms with Crippen LogP contribution in [-0.4, -0.2) is 24.7 Å². The van der Waals surface area contributed by atoms with Crippen LogP contribution in [0.25, 0.3) is 0 Å². The molecule has 1 aliphatic heterocycles. The molecule has 0 aromatic heterocycles. The van der Waals surface area contributed by atoms with Crippen molar-refractivity contribution in [1.82, 2.24) is 5.32 Å². The van der Waals surface area contributed by atoms with Crippen molar-refractivity contribution in [2.45, 2.75) is 6.04 Å². The van der Waals surface area contributed by atoms with Crippen LogP contribution < -0.4 is 61.8 Å². The van der Waals surface area contributed by atoms with Crippen LogP contribution in [-0.2, 0) is 9.53 Å². The Morgan fingerprint density at radius 3 is 2.60 bits per heavy atom. The summed E-state index contributed by atoms with van der Waals surface area (Å²) in [5.41, 5.74) is 0. The molecule has 50 valence electrons. The molecule has 1 saturated heterocycles. The monoisotopic (exact) mass is 169 g/mol. The fraction of sp³-hybridized carbons (Fsp3) is 0.500. The molecule has 0 unspecified atom stereocenters. The van der Waals surface area contributed by atoms with Crippen molar-refractivity contribution in [3.05, 3.63) is 0 Å². The van der Waals surface area contributed by atoms with E-state index in [2.05, 4.69) is 4.74 Å². The van der Waals surface area contributed by atoms with E-state index in [0.717, 1.165) is 0 Å². The topological polar surface area (TPSA) is 78.5 Å². The SMILES string of the molecule is O=C1N[C@@H](C(=O)[O-])CO1.[K+]. The second kappa shape index (κ2) is 4.29. The van der Waals surface area contributed by atoms with Gasteiger partial charge in [0.1, 0.15) is 12.6 Å². The van der Waals surface area contributed by atoms with Gasteiger partial charge in [-0.1, -0.05) is 0 Å². The molecule has 1 heterocycles. The molecule has 0 aromatic rings. The van der Waals surface area contributed by atoms with Crippen molar-refractivity contribution in [1.29, 1.82) is 0 Å². The van der Waals surface area contributed by atoms with E-state index >= 15 is 0 Å². The summed E-state index contributed by atoms with van der Waals surface area (Å²) in [6.45, 7) is -0.138. The van der Waals surface area contributed by atoms with Crippen molar-refractivity contribution in [3.63, 3.8) is 0 Å². The minimum Gasteiger partial charge on any atom is -0.548 e. The fourth-order valence-corrected chi connectivity index (χ4v) is 0.512. The third kappa shape index (κ3) is 2.55. The molecular formula is C4H4KNO4. The normalized spacial score (nSPS) is 22.4. The molecule has 1 aliphatic rings. The van der Waals surface area contributed by atoms with Crippen molar-refractivity contribution in [3.8, 4) is 0 Å². The smallest absolute Gasteiger partial charge is 0.548 e. The molecule has 10 heavy (non-hydrogen) atoms. The van der Waals surface area contributed by atoms with Gasteiger partial charge in [-0.25, -0.2) is 4.79 Å². The van der Waals surface area contributed by atoms with E-state index in [1.807, 2.05) is 5.32 Å². The average molecular weight is 169 g/mol. The maximum Gasteiger partial charge on any atom is 1.00 e. The number of carbonyl (C=O) groups excluding carboxylic acids is 2. The second-order valence-electron chi connectivity index (χ2n) is 1.61. The first kappa shape index (κ1) is 10.4. The maximum absolute atomic E-state index is 10.1. The molecule has 0 spiro atoms. The van der Waals surface area contributed by atoms with Crippen LogP contribution in [0.4, 0.5) is 4.79 Å². The van der Waals surface area contributed by atoms with Gasteiger partial charge in [0.05, 0.1) is 5.97 Å². The van der Waals surface area contributed by atoms with Gasteiger partial charge in [-0.3, -0.25) is 0 Å². The summed E-state index contributed by atoms with van der Waals surface area (Å²) in [5, 5.41) is 12.0. The van der Waals surface area contributed by atoms with Gasteiger partial charge < -0.3 is 20.0 Å². The second-order valence-corrected chi connectivity index (χ2v) is 1.61. The molecule has 1 amide bonds. The largest absolute Gasteiger partial charge is 1.00 e. The van der Waals surface area contributed by atoms with E-state index in [-0.39, 0.29) is 58.0 Å². The molecule has 0 aliphatic carbocycles. The number of carboxylic acid groups (broad SMARTS) is 1. The van der Waals surface area contributed by atoms with E-state index < -0.39 is 18.1 Å². The number of aliphatic carboxylic acids is 1. The summed E-state index contributed by atoms with van der Waals surface area (Å²) in [6, 6.07) is -0.975. The van der Waals surface area contributed by atoms with Crippen LogP contribution in [0.5, 0.6) is 0 Å². The first-order valence-electron chi connectivity index (χ1n) is 2.34. The van der Waals surface area contributed by atoms with Gasteiger partial charge >= 0.3 is 57.5 Å². The number of carbonyl (C=O) groups is 2. The zero-order chi connectivity index (χ0) is 6.85. The third-order valence-electron chi connectivity index (χ3n) is 0.958. The van der Waals surface area contributed by atoms with Gasteiger partial charge in [0.25, 0.3) is 0 Å². The summed E-state index contributed by atoms with van der Waals surface area (Å²) >= 11 is 0. The Morgan fingerprint density at radius 2 is 2.40 bits per heavy atom. The number of rotatable bonds is 1. The minimum atomic E-state index is -1.32. The number of cyclic esters (lactones) is 1. The predicted octanol–water partition coefficient (Wildman–Crippen LogP) is -5.15. The zero-order valence-electron chi connectivity index (χ0n) is 5.42. The number of hydrogen-bond acceptors (Lipinski definition) is 4. The molecular weight excluding hydrogens is 165 g/mol. The van der Waals surface area contributed by atoms with Crippen LogP contribution in [0.15, 0.2) is 0 Å². The average Bonchev–Trinajstić information content (AvgIpc) is 2.14. The summed E-state index contributed by atoms with van der Waals surface area (Å²) < 4.78 is 4.26. The van der Waals surface area contributed by atoms with Crippen LogP contribution in [0, 0.1) is 0 Å². The summed E-state index contributed by atoms with van der Waals surface area (Å²) in [5.74, 6) is -1.32. The molecule has 1 atom stereocenters. The Hall–Kier alpha value is 0.376. The number of amides is 1. The molecule has 6 heteroatoms. The predicted molar refractivity (Wildman–Crippen MR) is 23.3 cm³/mol. The molecule has 1 rings (SSSR count). The molecule has 5 nitrogen and oxygen atoms in total. The molecule has 0 bridgehead atoms. The molecule has 1 N–H and O–H groups in total. The Balaban J connectivity index is 0.000000810. The Bertz CT molecular complexity index is 159. The van der Waals surface area contributed by atoms with Crippen molar-refractivity contribution in [2.24, 2.45) is 0 Å². The van der Waals surface area contributed by atoms with Gasteiger partial charge in [-0.15, -0.1) is 0 Å². The van der Waals surface area contributed by atoms with E-state index in [1.54, 1.807) is 0 Å². The summed E-state index contributed by atoms with van der Waals surface area (Å²) in [7, 11) is 0. The van der Waals surface area contributed by atoms with E-state index in [0.29, 0.717) is 0 Å². The van der Waals surface area contributed by atoms with Gasteiger partial charge in [-0.2, -0.15) is 0 Å². The Kier molecular flexibility index (Phi) is 4.46. The van der Waals surface area contributed by atoms with E-state index in [9.17, 15) is 14.7 Å². The number of ether oxygens (including phenoxy) is 1. The summed E-state index contributed by atoms with van der Waals surface area (Å²) in [4.78, 5) is 20.1. The van der Waals surface area contributed by atoms with Gasteiger partial charge in [0.2, 0.25) is 0 Å². The first-order valence-corrected chi connectivity index (χ1v) is 2.34. The molecule has 0 aromatic carbocycles. The molecule has 0 saturated carbocycles. The van der Waals surface area contributed by atoms with Crippen molar-refractivity contribution >= 4 is 12.1 Å². The molecule has 1 fully saturated rings. The number of hydrogen-bond donors (Lipinski definition) is 1. The Morgan fingerprint density at radius 1 is 1.80 bits per heavy atom. The maximum atomic E-state index is 10.1. The van der Waals surface area contributed by atoms with Crippen LogP contribution in [0.1, 0.15) is 0 Å². The van der Waals surface area contributed by atoms with Crippen LogP contribution in [0.2, 0.25) is 0 Å². The first-order chi connectivity index (χ1) is 4.20. The number of nitrogens with one attached hydrogen (secondary N) is 1. The Labute approximate surface area is 99.5 Å². The van der Waals surface area contributed by atoms with E-state index in [1.165, 1.54) is 0 Å². The fourth-order valence-electron chi connectivity index (χ4n) is 0.512. The van der Waals surface area contributed by atoms with E-state index in [4.69, 9.17) is 0 Å². The van der Waals surface area contributed by atoms with Gasteiger partial charge in [0.15, 0.2) is 0 Å². The standard InChI is InChI=1S/C4H5NO4.K/c6-3(7)2-1-9-4(8)5-2;/h2H,1H2,(H,5,8)(H,6,7);/q;+1/p-1/t2-;/m1./s1. The third-order valence-corrected chi connectivity index (χ3v) is 0.958. The summed E-state index contributed by atoms with van der Waals surface area (Å²) in [6.07, 6.45) is -0.704. The van der Waals surface area contributed by atoms with Crippen LogP contribution in [0.3, 0.4) is 0 Å². The minimum absolute atomic E-state index is 0.